The van der Waals surface area contributed by atoms with Gasteiger partial charge in [-0.2, -0.15) is 5.26 Å². The molecule has 0 atom stereocenters. The van der Waals surface area contributed by atoms with Crippen LogP contribution in [0.4, 0.5) is 5.69 Å². The van der Waals surface area contributed by atoms with Crippen molar-refractivity contribution in [2.75, 3.05) is 23.7 Å². The average Bonchev–Trinajstić information content (AvgIpc) is 2.57. The molecule has 0 bridgehead atoms. The van der Waals surface area contributed by atoms with E-state index < -0.39 is 10.0 Å². The Kier molecular flexibility index (Phi) is 6.36. The van der Waals surface area contributed by atoms with Gasteiger partial charge in [-0.25, -0.2) is 8.42 Å². The number of carbonyl (C=O) groups is 1. The molecule has 0 heterocycles. The zero-order chi connectivity index (χ0) is 19.2. The van der Waals surface area contributed by atoms with Gasteiger partial charge in [0.15, 0.2) is 0 Å². The van der Waals surface area contributed by atoms with Gasteiger partial charge < -0.3 is 5.32 Å². The van der Waals surface area contributed by atoms with Crippen molar-refractivity contribution in [3.8, 4) is 6.07 Å². The SMILES string of the molecule is Cc1cccc(CC(=O)NCCN(c2ccccc2C#N)S(C)(=O)=O)c1. The number of benzene rings is 2. The molecule has 6 nitrogen and oxygen atoms in total. The van der Waals surface area contributed by atoms with Gasteiger partial charge in [0.1, 0.15) is 6.07 Å². The number of hydrogen-bond donors (Lipinski definition) is 1. The summed E-state index contributed by atoms with van der Waals surface area (Å²) in [5, 5.41) is 11.9. The van der Waals surface area contributed by atoms with E-state index in [0.717, 1.165) is 21.7 Å². The lowest BCUT2D eigenvalue weighted by Gasteiger charge is -2.23. The van der Waals surface area contributed by atoms with Crippen molar-refractivity contribution in [2.24, 2.45) is 0 Å². The third-order valence-corrected chi connectivity index (χ3v) is 4.96. The fraction of sp³-hybridized carbons (Fsp3) is 0.263. The molecule has 1 amide bonds. The Bertz CT molecular complexity index is 933. The number of nitriles is 1. The maximum Gasteiger partial charge on any atom is 0.232 e. The Labute approximate surface area is 154 Å². The second-order valence-electron chi connectivity index (χ2n) is 5.98. The van der Waals surface area contributed by atoms with Crippen LogP contribution in [0.1, 0.15) is 16.7 Å². The third-order valence-electron chi connectivity index (χ3n) is 3.78. The molecule has 0 saturated heterocycles. The van der Waals surface area contributed by atoms with E-state index in [1.54, 1.807) is 24.3 Å². The minimum atomic E-state index is -3.58. The Balaban J connectivity index is 2.02. The van der Waals surface area contributed by atoms with Crippen LogP contribution >= 0.6 is 0 Å². The summed E-state index contributed by atoms with van der Waals surface area (Å²) in [6, 6.07) is 16.1. The summed E-state index contributed by atoms with van der Waals surface area (Å²) in [5.41, 5.74) is 2.55. The molecule has 7 heteroatoms. The summed E-state index contributed by atoms with van der Waals surface area (Å²) in [5.74, 6) is -0.183. The number of carbonyl (C=O) groups excluding carboxylic acids is 1. The summed E-state index contributed by atoms with van der Waals surface area (Å²) in [6.45, 7) is 2.16. The van der Waals surface area contributed by atoms with Crippen LogP contribution in [-0.4, -0.2) is 33.7 Å². The normalized spacial score (nSPS) is 10.8. The summed E-state index contributed by atoms with van der Waals surface area (Å²) in [4.78, 5) is 12.1. The maximum atomic E-state index is 12.1. The summed E-state index contributed by atoms with van der Waals surface area (Å²) in [7, 11) is -3.58. The van der Waals surface area contributed by atoms with E-state index in [-0.39, 0.29) is 31.0 Å². The van der Waals surface area contributed by atoms with Gasteiger partial charge in [-0.3, -0.25) is 9.10 Å². The molecule has 0 aliphatic carbocycles. The van der Waals surface area contributed by atoms with Crippen LogP contribution in [-0.2, 0) is 21.2 Å². The highest BCUT2D eigenvalue weighted by molar-refractivity contribution is 7.92. The van der Waals surface area contributed by atoms with Crippen LogP contribution < -0.4 is 9.62 Å². The van der Waals surface area contributed by atoms with E-state index in [1.807, 2.05) is 37.3 Å². The highest BCUT2D eigenvalue weighted by atomic mass is 32.2. The zero-order valence-corrected chi connectivity index (χ0v) is 15.6. The van der Waals surface area contributed by atoms with E-state index in [1.165, 1.54) is 0 Å². The van der Waals surface area contributed by atoms with Crippen molar-refractivity contribution in [2.45, 2.75) is 13.3 Å². The molecule has 2 aromatic rings. The average molecular weight is 371 g/mol. The van der Waals surface area contributed by atoms with E-state index in [2.05, 4.69) is 5.32 Å². The Morgan fingerprint density at radius 1 is 1.19 bits per heavy atom. The van der Waals surface area contributed by atoms with Crippen molar-refractivity contribution in [3.05, 3.63) is 65.2 Å². The number of nitrogens with zero attached hydrogens (tertiary/aromatic N) is 2. The van der Waals surface area contributed by atoms with Gasteiger partial charge in [0.25, 0.3) is 0 Å². The van der Waals surface area contributed by atoms with Crippen LogP contribution in [0.25, 0.3) is 0 Å². The molecular formula is C19H21N3O3S. The number of rotatable bonds is 7. The zero-order valence-electron chi connectivity index (χ0n) is 14.8. The molecule has 0 spiro atoms. The van der Waals surface area contributed by atoms with Crippen LogP contribution in [0, 0.1) is 18.3 Å². The number of nitrogens with one attached hydrogen (secondary N) is 1. The molecule has 2 rings (SSSR count). The number of para-hydroxylation sites is 1. The highest BCUT2D eigenvalue weighted by Gasteiger charge is 2.20. The molecule has 0 aliphatic heterocycles. The molecule has 0 saturated carbocycles. The van der Waals surface area contributed by atoms with E-state index in [0.29, 0.717) is 5.69 Å². The quantitative estimate of drug-likeness (QED) is 0.806. The predicted octanol–water partition coefficient (Wildman–Crippen LogP) is 1.99. The molecular weight excluding hydrogens is 350 g/mol. The molecule has 0 aromatic heterocycles. The monoisotopic (exact) mass is 371 g/mol. The molecule has 0 aliphatic rings. The van der Waals surface area contributed by atoms with Crippen LogP contribution in [0.3, 0.4) is 0 Å². The van der Waals surface area contributed by atoms with Crippen molar-refractivity contribution in [3.63, 3.8) is 0 Å². The lowest BCUT2D eigenvalue weighted by molar-refractivity contribution is -0.120. The first-order chi connectivity index (χ1) is 12.3. The first-order valence-electron chi connectivity index (χ1n) is 8.10. The number of aryl methyl sites for hydroxylation is 1. The standard InChI is InChI=1S/C19H21N3O3S/c1-15-6-5-7-16(12-15)13-19(23)21-10-11-22(26(2,24)25)18-9-4-3-8-17(18)14-20/h3-9,12H,10-11,13H2,1-2H3,(H,21,23). The number of hydrogen-bond acceptors (Lipinski definition) is 4. The van der Waals surface area contributed by atoms with Gasteiger partial charge in [-0.1, -0.05) is 42.0 Å². The summed E-state index contributed by atoms with van der Waals surface area (Å²) >= 11 is 0. The fourth-order valence-electron chi connectivity index (χ4n) is 2.62. The first-order valence-corrected chi connectivity index (χ1v) is 9.95. The van der Waals surface area contributed by atoms with Crippen molar-refractivity contribution in [1.82, 2.24) is 5.32 Å². The molecule has 0 unspecified atom stereocenters. The van der Waals surface area contributed by atoms with E-state index in [4.69, 9.17) is 0 Å². The molecule has 26 heavy (non-hydrogen) atoms. The highest BCUT2D eigenvalue weighted by Crippen LogP contribution is 2.21. The first kappa shape index (κ1) is 19.5. The largest absolute Gasteiger partial charge is 0.354 e. The Morgan fingerprint density at radius 2 is 1.92 bits per heavy atom. The predicted molar refractivity (Wildman–Crippen MR) is 101 cm³/mol. The Morgan fingerprint density at radius 3 is 2.58 bits per heavy atom. The lowest BCUT2D eigenvalue weighted by atomic mass is 10.1. The topological polar surface area (TPSA) is 90.3 Å². The van der Waals surface area contributed by atoms with Crippen molar-refractivity contribution >= 4 is 21.6 Å². The van der Waals surface area contributed by atoms with Crippen molar-refractivity contribution < 1.29 is 13.2 Å². The minimum Gasteiger partial charge on any atom is -0.354 e. The second kappa shape index (κ2) is 8.50. The number of amides is 1. The third kappa shape index (κ3) is 5.33. The van der Waals surface area contributed by atoms with Gasteiger partial charge >= 0.3 is 0 Å². The molecule has 2 aromatic carbocycles. The summed E-state index contributed by atoms with van der Waals surface area (Å²) in [6.07, 6.45) is 1.31. The van der Waals surface area contributed by atoms with Gasteiger partial charge in [-0.05, 0) is 24.6 Å². The van der Waals surface area contributed by atoms with Crippen LogP contribution in [0.5, 0.6) is 0 Å². The van der Waals surface area contributed by atoms with Gasteiger partial charge in [-0.15, -0.1) is 0 Å². The maximum absolute atomic E-state index is 12.1. The van der Waals surface area contributed by atoms with E-state index >= 15 is 0 Å². The van der Waals surface area contributed by atoms with Crippen LogP contribution in [0.15, 0.2) is 48.5 Å². The van der Waals surface area contributed by atoms with Gasteiger partial charge in [0, 0.05) is 6.54 Å². The molecule has 0 radical (unpaired) electrons. The van der Waals surface area contributed by atoms with Gasteiger partial charge in [0.05, 0.1) is 30.5 Å². The second-order valence-corrected chi connectivity index (χ2v) is 7.89. The molecule has 0 fully saturated rings. The molecule has 136 valence electrons. The summed E-state index contributed by atoms with van der Waals surface area (Å²) < 4.78 is 25.4. The number of sulfonamides is 1. The number of anilines is 1. The molecule has 1 N–H and O–H groups in total. The Hall–Kier alpha value is -2.85. The lowest BCUT2D eigenvalue weighted by Crippen LogP contribution is -2.39. The smallest absolute Gasteiger partial charge is 0.232 e. The van der Waals surface area contributed by atoms with E-state index in [9.17, 15) is 18.5 Å². The van der Waals surface area contributed by atoms with Crippen LogP contribution in [0.2, 0.25) is 0 Å². The minimum absolute atomic E-state index is 0.0527. The van der Waals surface area contributed by atoms with Crippen molar-refractivity contribution in [1.29, 1.82) is 5.26 Å². The van der Waals surface area contributed by atoms with Gasteiger partial charge in [0.2, 0.25) is 15.9 Å². The fourth-order valence-corrected chi connectivity index (χ4v) is 3.56.